The van der Waals surface area contributed by atoms with Gasteiger partial charge in [0.25, 0.3) is 5.52 Å². The van der Waals surface area contributed by atoms with Crippen molar-refractivity contribution in [2.45, 2.75) is 20.0 Å². The van der Waals surface area contributed by atoms with E-state index < -0.39 is 8.07 Å². The second kappa shape index (κ2) is 6.24. The van der Waals surface area contributed by atoms with E-state index in [4.69, 9.17) is 8.83 Å². The topological polar surface area (TPSA) is 30.2 Å². The molecule has 6 aromatic rings. The SMILES string of the molecule is Cc1ccc2c(c1-c1oc3c4c(ccc3[n+]1C)oc1ccccc14)[Si](C)(C)c1ccccc1-2. The molecule has 0 saturated carbocycles. The van der Waals surface area contributed by atoms with Crippen LogP contribution in [0.1, 0.15) is 5.56 Å². The number of aryl methyl sites for hydroxylation is 2. The van der Waals surface area contributed by atoms with Crippen LogP contribution in [0.25, 0.3) is 55.6 Å². The Labute approximate surface area is 192 Å². The highest BCUT2D eigenvalue weighted by Crippen LogP contribution is 2.38. The molecule has 3 nitrogen and oxygen atoms in total. The van der Waals surface area contributed by atoms with Gasteiger partial charge in [-0.3, -0.25) is 0 Å². The van der Waals surface area contributed by atoms with Gasteiger partial charge < -0.3 is 8.83 Å². The molecular weight excluding hydrogens is 422 g/mol. The average Bonchev–Trinajstić information content (AvgIpc) is 3.43. The van der Waals surface area contributed by atoms with Crippen molar-refractivity contribution in [3.8, 4) is 22.6 Å². The van der Waals surface area contributed by atoms with E-state index in [9.17, 15) is 0 Å². The van der Waals surface area contributed by atoms with Gasteiger partial charge in [0.05, 0.1) is 10.9 Å². The third-order valence-electron chi connectivity index (χ3n) is 7.48. The Hall–Kier alpha value is -3.63. The lowest BCUT2D eigenvalue weighted by Crippen LogP contribution is -2.50. The van der Waals surface area contributed by atoms with Gasteiger partial charge in [0.1, 0.15) is 26.3 Å². The van der Waals surface area contributed by atoms with Crippen LogP contribution in [0.4, 0.5) is 0 Å². The molecule has 0 saturated heterocycles. The predicted octanol–water partition coefficient (Wildman–Crippen LogP) is 5.94. The first-order valence-electron chi connectivity index (χ1n) is 11.4. The largest absolute Gasteiger partial charge is 0.456 e. The van der Waals surface area contributed by atoms with Crippen molar-refractivity contribution in [1.29, 1.82) is 0 Å². The zero-order chi connectivity index (χ0) is 22.5. The zero-order valence-corrected chi connectivity index (χ0v) is 20.2. The van der Waals surface area contributed by atoms with Gasteiger partial charge in [-0.25, -0.2) is 0 Å². The summed E-state index contributed by atoms with van der Waals surface area (Å²) in [5.74, 6) is 0.922. The summed E-state index contributed by atoms with van der Waals surface area (Å²) in [5, 5.41) is 5.13. The minimum absolute atomic E-state index is 0.863. The van der Waals surface area contributed by atoms with Gasteiger partial charge in [-0.05, 0) is 46.1 Å². The summed E-state index contributed by atoms with van der Waals surface area (Å²) in [7, 11) is 0.228. The Morgan fingerprint density at radius 1 is 0.758 bits per heavy atom. The lowest BCUT2D eigenvalue weighted by atomic mass is 9.99. The number of benzene rings is 4. The lowest BCUT2D eigenvalue weighted by Gasteiger charge is -2.21. The van der Waals surface area contributed by atoms with Crippen molar-refractivity contribution in [3.05, 3.63) is 78.4 Å². The van der Waals surface area contributed by atoms with E-state index in [1.807, 2.05) is 12.1 Å². The molecule has 0 bridgehead atoms. The van der Waals surface area contributed by atoms with Crippen molar-refractivity contribution in [2.75, 3.05) is 0 Å². The van der Waals surface area contributed by atoms with Gasteiger partial charge in [-0.2, -0.15) is 4.57 Å². The molecule has 0 atom stereocenters. The Morgan fingerprint density at radius 3 is 2.42 bits per heavy atom. The number of hydrogen-bond donors (Lipinski definition) is 0. The van der Waals surface area contributed by atoms with Gasteiger partial charge in [0.2, 0.25) is 5.58 Å². The van der Waals surface area contributed by atoms with Crippen molar-refractivity contribution in [2.24, 2.45) is 7.05 Å². The highest BCUT2D eigenvalue weighted by molar-refractivity contribution is 7.04. The quantitative estimate of drug-likeness (QED) is 0.231. The van der Waals surface area contributed by atoms with Crippen LogP contribution >= 0.6 is 0 Å². The smallest absolute Gasteiger partial charge is 0.381 e. The highest BCUT2D eigenvalue weighted by Gasteiger charge is 2.42. The van der Waals surface area contributed by atoms with E-state index in [0.29, 0.717) is 0 Å². The molecule has 7 rings (SSSR count). The molecule has 2 aromatic heterocycles. The van der Waals surface area contributed by atoms with Crippen molar-refractivity contribution < 1.29 is 13.4 Å². The first-order chi connectivity index (χ1) is 16.0. The molecule has 0 fully saturated rings. The highest BCUT2D eigenvalue weighted by atomic mass is 28.3. The van der Waals surface area contributed by atoms with Gasteiger partial charge >= 0.3 is 5.89 Å². The summed E-state index contributed by atoms with van der Waals surface area (Å²) in [4.78, 5) is 0. The van der Waals surface area contributed by atoms with Crippen LogP contribution in [0.3, 0.4) is 0 Å². The van der Waals surface area contributed by atoms with Gasteiger partial charge in [0.15, 0.2) is 0 Å². The summed E-state index contributed by atoms with van der Waals surface area (Å²) in [5.41, 5.74) is 8.97. The second-order valence-electron chi connectivity index (χ2n) is 9.70. The number of oxazole rings is 1. The maximum atomic E-state index is 6.79. The van der Waals surface area contributed by atoms with Crippen LogP contribution in [0.5, 0.6) is 0 Å². The van der Waals surface area contributed by atoms with Crippen molar-refractivity contribution in [3.63, 3.8) is 0 Å². The van der Waals surface area contributed by atoms with Gasteiger partial charge in [-0.15, -0.1) is 0 Å². The molecule has 4 heteroatoms. The average molecular weight is 447 g/mol. The molecule has 0 N–H and O–H groups in total. The third-order valence-corrected chi connectivity index (χ3v) is 11.0. The Morgan fingerprint density at radius 2 is 1.55 bits per heavy atom. The maximum Gasteiger partial charge on any atom is 0.381 e. The molecule has 33 heavy (non-hydrogen) atoms. The van der Waals surface area contributed by atoms with Gasteiger partial charge in [-0.1, -0.05) is 67.7 Å². The number of rotatable bonds is 1. The Balaban J connectivity index is 1.60. The number of hydrogen-bond acceptors (Lipinski definition) is 2. The molecule has 4 aromatic carbocycles. The number of para-hydroxylation sites is 1. The number of fused-ring (bicyclic) bond motifs is 8. The number of aromatic nitrogens is 1. The van der Waals surface area contributed by atoms with Crippen LogP contribution in [-0.4, -0.2) is 8.07 Å². The van der Waals surface area contributed by atoms with Crippen LogP contribution in [0, 0.1) is 6.92 Å². The van der Waals surface area contributed by atoms with E-state index in [2.05, 4.69) is 92.3 Å². The van der Waals surface area contributed by atoms with E-state index in [0.717, 1.165) is 38.9 Å². The summed E-state index contributed by atoms with van der Waals surface area (Å²) in [6.45, 7) is 7.13. The molecule has 160 valence electrons. The molecule has 0 spiro atoms. The van der Waals surface area contributed by atoms with E-state index >= 15 is 0 Å². The van der Waals surface area contributed by atoms with Crippen LogP contribution in [-0.2, 0) is 7.05 Å². The summed E-state index contributed by atoms with van der Waals surface area (Å²) < 4.78 is 15.1. The van der Waals surface area contributed by atoms with Crippen molar-refractivity contribution >= 4 is 51.5 Å². The molecule has 1 aliphatic heterocycles. The molecule has 0 radical (unpaired) electrons. The normalized spacial score (nSPS) is 14.3. The van der Waals surface area contributed by atoms with Crippen LogP contribution in [0.2, 0.25) is 13.1 Å². The van der Waals surface area contributed by atoms with E-state index in [-0.39, 0.29) is 0 Å². The fraction of sp³-hybridized carbons (Fsp3) is 0.138. The molecule has 3 heterocycles. The minimum Gasteiger partial charge on any atom is -0.456 e. The number of furan rings is 1. The first kappa shape index (κ1) is 18.9. The van der Waals surface area contributed by atoms with Gasteiger partial charge in [0, 0.05) is 11.5 Å². The minimum atomic E-state index is -1.89. The second-order valence-corrected chi connectivity index (χ2v) is 14.0. The zero-order valence-electron chi connectivity index (χ0n) is 19.2. The molecule has 0 unspecified atom stereocenters. The summed E-state index contributed by atoms with van der Waals surface area (Å²) >= 11 is 0. The van der Waals surface area contributed by atoms with Crippen LogP contribution < -0.4 is 14.9 Å². The molecule has 0 amide bonds. The Bertz CT molecular complexity index is 1770. The molecule has 1 aliphatic rings. The maximum absolute atomic E-state index is 6.79. The third kappa shape index (κ3) is 2.31. The monoisotopic (exact) mass is 446 g/mol. The standard InChI is InChI=1S/C29H24NO2Si/c1-17-13-14-19-18-9-6-8-12-24(18)33(3,4)28(19)25(17)29-30(2)21-15-16-23-26(27(21)32-29)20-10-5-7-11-22(20)31-23/h5-16H,1-4H3/q+1. The summed E-state index contributed by atoms with van der Waals surface area (Å²) in [6.07, 6.45) is 0. The fourth-order valence-electron chi connectivity index (χ4n) is 5.89. The first-order valence-corrected chi connectivity index (χ1v) is 14.4. The van der Waals surface area contributed by atoms with Crippen LogP contribution in [0.15, 0.2) is 81.6 Å². The summed E-state index contributed by atoms with van der Waals surface area (Å²) in [6, 6.07) is 25.8. The van der Waals surface area contributed by atoms with E-state index in [1.54, 1.807) is 0 Å². The lowest BCUT2D eigenvalue weighted by molar-refractivity contribution is -0.637. The predicted molar refractivity (Wildman–Crippen MR) is 137 cm³/mol. The van der Waals surface area contributed by atoms with Crippen molar-refractivity contribution in [1.82, 2.24) is 0 Å². The Kier molecular flexibility index (Phi) is 3.57. The number of nitrogens with zero attached hydrogens (tertiary/aromatic N) is 1. The van der Waals surface area contributed by atoms with E-state index in [1.165, 1.54) is 32.6 Å². The molecule has 0 aliphatic carbocycles. The fourth-order valence-corrected chi connectivity index (χ4v) is 9.38. The molecular formula is C29H24NO2Si+.